The van der Waals surface area contributed by atoms with Crippen LogP contribution in [0.25, 0.3) is 0 Å². The first-order chi connectivity index (χ1) is 14.0. The molecule has 0 saturated heterocycles. The maximum Gasteiger partial charge on any atom is 0.231 e. The van der Waals surface area contributed by atoms with Gasteiger partial charge in [0.1, 0.15) is 0 Å². The molecule has 2 aromatic rings. The van der Waals surface area contributed by atoms with Crippen molar-refractivity contribution in [3.8, 4) is 11.5 Å². The normalized spacial score (nSPS) is 12.3. The number of nitrogens with one attached hydrogen (secondary N) is 3. The van der Waals surface area contributed by atoms with Crippen LogP contribution in [0.15, 0.2) is 47.5 Å². The molecule has 1 heterocycles. The summed E-state index contributed by atoms with van der Waals surface area (Å²) in [5, 5.41) is 9.48. The molecule has 162 valence electrons. The molecule has 0 unspecified atom stereocenters. The first-order valence-corrected chi connectivity index (χ1v) is 9.85. The van der Waals surface area contributed by atoms with Crippen LogP contribution in [0.3, 0.4) is 0 Å². The largest absolute Gasteiger partial charge is 0.454 e. The van der Waals surface area contributed by atoms with Gasteiger partial charge in [-0.15, -0.1) is 24.0 Å². The number of aliphatic imine (C=N–C) groups is 1. The summed E-state index contributed by atoms with van der Waals surface area (Å²) in [6.45, 7) is 7.98. The number of anilines is 1. The Kier molecular flexibility index (Phi) is 9.22. The zero-order chi connectivity index (χ0) is 20.6. The summed E-state index contributed by atoms with van der Waals surface area (Å²) in [7, 11) is 0. The molecule has 2 aromatic carbocycles. The summed E-state index contributed by atoms with van der Waals surface area (Å²) >= 11 is 0. The van der Waals surface area contributed by atoms with Crippen LogP contribution in [0.5, 0.6) is 11.5 Å². The smallest absolute Gasteiger partial charge is 0.231 e. The molecule has 0 atom stereocenters. The van der Waals surface area contributed by atoms with E-state index in [2.05, 4.69) is 20.9 Å². The van der Waals surface area contributed by atoms with Crippen LogP contribution in [0.2, 0.25) is 0 Å². The van der Waals surface area contributed by atoms with E-state index >= 15 is 0 Å². The average Bonchev–Trinajstić information content (AvgIpc) is 3.19. The number of nitrogens with zero attached hydrogens (tertiary/aromatic N) is 1. The molecule has 1 aliphatic heterocycles. The fourth-order valence-corrected chi connectivity index (χ4v) is 2.73. The van der Waals surface area contributed by atoms with Crippen molar-refractivity contribution in [3.63, 3.8) is 0 Å². The van der Waals surface area contributed by atoms with E-state index < -0.39 is 0 Å². The van der Waals surface area contributed by atoms with Crippen molar-refractivity contribution in [1.82, 2.24) is 10.6 Å². The van der Waals surface area contributed by atoms with Crippen LogP contribution in [0, 0.1) is 5.92 Å². The van der Waals surface area contributed by atoms with Crippen LogP contribution in [0.1, 0.15) is 31.9 Å². The molecule has 0 aliphatic carbocycles. The van der Waals surface area contributed by atoms with E-state index in [1.54, 1.807) is 0 Å². The van der Waals surface area contributed by atoms with Gasteiger partial charge in [0.25, 0.3) is 0 Å². The Hall–Kier alpha value is -2.49. The fraction of sp³-hybridized carbons (Fsp3) is 0.364. The Bertz CT molecular complexity index is 869. The number of guanidine groups is 1. The van der Waals surface area contributed by atoms with Crippen molar-refractivity contribution in [3.05, 3.63) is 53.6 Å². The van der Waals surface area contributed by atoms with Crippen molar-refractivity contribution < 1.29 is 14.3 Å². The number of carbonyl (C=O) groups is 1. The third kappa shape index (κ3) is 6.79. The lowest BCUT2D eigenvalue weighted by molar-refractivity contribution is -0.118. The Morgan fingerprint density at radius 2 is 1.73 bits per heavy atom. The maximum atomic E-state index is 11.8. The van der Waals surface area contributed by atoms with E-state index in [0.29, 0.717) is 13.1 Å². The zero-order valence-corrected chi connectivity index (χ0v) is 19.9. The highest BCUT2D eigenvalue weighted by Gasteiger charge is 2.13. The highest BCUT2D eigenvalue weighted by molar-refractivity contribution is 14.0. The lowest BCUT2D eigenvalue weighted by Gasteiger charge is -2.12. The van der Waals surface area contributed by atoms with Crippen molar-refractivity contribution in [2.24, 2.45) is 10.9 Å². The zero-order valence-electron chi connectivity index (χ0n) is 17.5. The second-order valence-corrected chi connectivity index (χ2v) is 7.08. The van der Waals surface area contributed by atoms with Crippen LogP contribution < -0.4 is 25.4 Å². The Morgan fingerprint density at radius 3 is 2.43 bits per heavy atom. The van der Waals surface area contributed by atoms with Gasteiger partial charge in [-0.1, -0.05) is 32.0 Å². The van der Waals surface area contributed by atoms with Gasteiger partial charge >= 0.3 is 0 Å². The molecule has 0 saturated carbocycles. The van der Waals surface area contributed by atoms with Gasteiger partial charge in [0, 0.05) is 24.7 Å². The predicted molar refractivity (Wildman–Crippen MR) is 130 cm³/mol. The van der Waals surface area contributed by atoms with Crippen molar-refractivity contribution in [2.75, 3.05) is 18.7 Å². The van der Waals surface area contributed by atoms with E-state index in [9.17, 15) is 4.79 Å². The molecule has 1 amide bonds. The SMILES string of the molecule is CCNC(=NCc1ccc2c(c1)OCO2)NCc1ccc(NC(=O)C(C)C)cc1.I. The number of amides is 1. The van der Waals surface area contributed by atoms with Crippen molar-refractivity contribution >= 4 is 41.5 Å². The summed E-state index contributed by atoms with van der Waals surface area (Å²) < 4.78 is 10.8. The molecular weight excluding hydrogens is 495 g/mol. The molecule has 0 aromatic heterocycles. The summed E-state index contributed by atoms with van der Waals surface area (Å²) in [4.78, 5) is 16.4. The third-order valence-electron chi connectivity index (χ3n) is 4.41. The maximum absolute atomic E-state index is 11.8. The van der Waals surface area contributed by atoms with E-state index in [4.69, 9.17) is 9.47 Å². The topological polar surface area (TPSA) is 84.0 Å². The van der Waals surface area contributed by atoms with E-state index in [0.717, 1.165) is 40.8 Å². The van der Waals surface area contributed by atoms with Crippen molar-refractivity contribution in [2.45, 2.75) is 33.9 Å². The molecule has 0 fully saturated rings. The van der Waals surface area contributed by atoms with Gasteiger partial charge < -0.3 is 25.4 Å². The molecule has 3 N–H and O–H groups in total. The third-order valence-corrected chi connectivity index (χ3v) is 4.41. The highest BCUT2D eigenvalue weighted by atomic mass is 127. The number of hydrogen-bond acceptors (Lipinski definition) is 4. The number of fused-ring (bicyclic) bond motifs is 1. The van der Waals surface area contributed by atoms with Crippen molar-refractivity contribution in [1.29, 1.82) is 0 Å². The number of carbonyl (C=O) groups excluding carboxylic acids is 1. The molecule has 0 bridgehead atoms. The average molecular weight is 524 g/mol. The minimum absolute atomic E-state index is 0. The summed E-state index contributed by atoms with van der Waals surface area (Å²) in [5.41, 5.74) is 2.95. The quantitative estimate of drug-likeness (QED) is 0.291. The predicted octanol–water partition coefficient (Wildman–Crippen LogP) is 3.88. The van der Waals surface area contributed by atoms with Gasteiger partial charge in [-0.25, -0.2) is 4.99 Å². The standard InChI is InChI=1S/C22H28N4O3.HI/c1-4-23-22(25-13-17-7-10-19-20(11-17)29-14-28-19)24-12-16-5-8-18(9-6-16)26-21(27)15(2)3;/h5-11,15H,4,12-14H2,1-3H3,(H,26,27)(H2,23,24,25);1H. The van der Waals surface area contributed by atoms with E-state index in [1.165, 1.54) is 0 Å². The lowest BCUT2D eigenvalue weighted by atomic mass is 10.1. The van der Waals surface area contributed by atoms with Gasteiger partial charge in [-0.2, -0.15) is 0 Å². The van der Waals surface area contributed by atoms with Gasteiger partial charge in [0.15, 0.2) is 17.5 Å². The van der Waals surface area contributed by atoms with Crippen LogP contribution in [-0.4, -0.2) is 25.2 Å². The Balaban J connectivity index is 0.00000320. The highest BCUT2D eigenvalue weighted by Crippen LogP contribution is 2.32. The molecule has 7 nitrogen and oxygen atoms in total. The number of hydrogen-bond donors (Lipinski definition) is 3. The monoisotopic (exact) mass is 524 g/mol. The Morgan fingerprint density at radius 1 is 1.03 bits per heavy atom. The minimum Gasteiger partial charge on any atom is -0.454 e. The van der Waals surface area contributed by atoms with E-state index in [1.807, 2.05) is 63.2 Å². The number of rotatable bonds is 7. The summed E-state index contributed by atoms with van der Waals surface area (Å²) in [6, 6.07) is 13.7. The first-order valence-electron chi connectivity index (χ1n) is 9.85. The number of benzene rings is 2. The molecular formula is C22H29IN4O3. The van der Waals surface area contributed by atoms with Gasteiger partial charge in [0.2, 0.25) is 12.7 Å². The summed E-state index contributed by atoms with van der Waals surface area (Å²) in [6.07, 6.45) is 0. The molecule has 3 rings (SSSR count). The minimum atomic E-state index is -0.0417. The van der Waals surface area contributed by atoms with E-state index in [-0.39, 0.29) is 42.6 Å². The van der Waals surface area contributed by atoms with Gasteiger partial charge in [0.05, 0.1) is 6.54 Å². The molecule has 8 heteroatoms. The summed E-state index contributed by atoms with van der Waals surface area (Å²) in [5.74, 6) is 2.25. The van der Waals surface area contributed by atoms with Gasteiger partial charge in [-0.3, -0.25) is 4.79 Å². The molecule has 0 radical (unpaired) electrons. The van der Waals surface area contributed by atoms with Crippen LogP contribution in [-0.2, 0) is 17.9 Å². The molecule has 1 aliphatic rings. The number of ether oxygens (including phenoxy) is 2. The second-order valence-electron chi connectivity index (χ2n) is 7.08. The lowest BCUT2D eigenvalue weighted by Crippen LogP contribution is -2.36. The number of halogens is 1. The first kappa shape index (κ1) is 23.8. The molecule has 30 heavy (non-hydrogen) atoms. The Labute approximate surface area is 194 Å². The fourth-order valence-electron chi connectivity index (χ4n) is 2.73. The molecule has 0 spiro atoms. The van der Waals surface area contributed by atoms with Gasteiger partial charge in [-0.05, 0) is 42.3 Å². The van der Waals surface area contributed by atoms with Crippen LogP contribution in [0.4, 0.5) is 5.69 Å². The second kappa shape index (κ2) is 11.6. The van der Waals surface area contributed by atoms with Crippen LogP contribution >= 0.6 is 24.0 Å².